The minimum Gasteiger partial charge on any atom is -0.457 e. The molecule has 3 aromatic rings. The number of benzene rings is 2. The first-order chi connectivity index (χ1) is 25.5. The number of fused-ring (bicyclic) bond motifs is 5. The Balaban J connectivity index is 1.15. The molecule has 3 fully saturated rings. The van der Waals surface area contributed by atoms with Crippen LogP contribution in [0.4, 0.5) is 5.69 Å². The first kappa shape index (κ1) is 36.4. The number of aliphatic imine (C=N–C) groups is 1. The van der Waals surface area contributed by atoms with Crippen molar-refractivity contribution in [1.29, 1.82) is 0 Å². The van der Waals surface area contributed by atoms with Crippen LogP contribution in [0.15, 0.2) is 106 Å². The fraction of sp³-hybridized carbons (Fsp3) is 0.442. The predicted octanol–water partition coefficient (Wildman–Crippen LogP) is 6.79. The number of furan rings is 1. The van der Waals surface area contributed by atoms with Crippen LogP contribution in [0.1, 0.15) is 92.2 Å². The first-order valence-electron chi connectivity index (χ1n) is 18.9. The molecule has 7 atom stereocenters. The summed E-state index contributed by atoms with van der Waals surface area (Å²) in [5.41, 5.74) is 8.73. The molecule has 0 bridgehead atoms. The Morgan fingerprint density at radius 2 is 1.87 bits per heavy atom. The van der Waals surface area contributed by atoms with Gasteiger partial charge in [0.25, 0.3) is 11.8 Å². The van der Waals surface area contributed by atoms with Gasteiger partial charge in [0.15, 0.2) is 5.60 Å². The van der Waals surface area contributed by atoms with Crippen molar-refractivity contribution in [3.05, 3.63) is 113 Å². The standard InChI is InChI=1S/C43H50N4O6/c1-4-19-45-40(51)43(53-39(50)36-14-9-20-52-36)18-17-33-32-16-15-30-22-34(29(25-44)23-41(30,2)37(32)35(48)24-42(33,43)3)47-31-13-8-12-28(21-31)38(49)46-26-27-10-6-5-7-11-27/h5-14,20-22,25,32-33,35,37,48H,4,15-19,23-24,26,44H2,1-3H3,(H,45,51)(H,46,49)/t32?,33?,35?,37?,41?,42?,43-/m0/s1. The molecule has 0 radical (unpaired) electrons. The van der Waals surface area contributed by atoms with Crippen LogP contribution in [0.25, 0.3) is 0 Å². The summed E-state index contributed by atoms with van der Waals surface area (Å²) in [6.45, 7) is 7.14. The molecule has 2 amide bonds. The normalized spacial score (nSPS) is 31.9. The van der Waals surface area contributed by atoms with Crippen molar-refractivity contribution < 1.29 is 28.6 Å². The van der Waals surface area contributed by atoms with E-state index in [0.29, 0.717) is 50.0 Å². The van der Waals surface area contributed by atoms with E-state index in [1.165, 1.54) is 11.8 Å². The molecule has 1 heterocycles. The second kappa shape index (κ2) is 14.5. The van der Waals surface area contributed by atoms with Gasteiger partial charge >= 0.3 is 5.97 Å². The van der Waals surface area contributed by atoms with E-state index in [1.807, 2.05) is 56.3 Å². The fourth-order valence-electron chi connectivity index (χ4n) is 10.2. The maximum atomic E-state index is 14.1. The number of rotatable bonds is 9. The van der Waals surface area contributed by atoms with E-state index >= 15 is 0 Å². The SMILES string of the molecule is CCCNC(=O)[C@@]1(OC(=O)c2ccco2)CCC2C3CCC4=CC(=Nc5cccc(C(=O)NCc6ccccc6)c5)C(=CN)CC4(C)C3C(O)CC21C. The number of hydrogen-bond donors (Lipinski definition) is 4. The number of amides is 2. The van der Waals surface area contributed by atoms with Gasteiger partial charge in [-0.15, -0.1) is 0 Å². The van der Waals surface area contributed by atoms with Gasteiger partial charge in [-0.1, -0.05) is 62.7 Å². The van der Waals surface area contributed by atoms with Crippen LogP contribution >= 0.6 is 0 Å². The average molecular weight is 719 g/mol. The van der Waals surface area contributed by atoms with Gasteiger partial charge in [0.2, 0.25) is 5.76 Å². The number of ether oxygens (including phenoxy) is 1. The van der Waals surface area contributed by atoms with Gasteiger partial charge in [0, 0.05) is 24.1 Å². The van der Waals surface area contributed by atoms with E-state index in [0.717, 1.165) is 36.1 Å². The van der Waals surface area contributed by atoms with Gasteiger partial charge in [-0.3, -0.25) is 9.59 Å². The largest absolute Gasteiger partial charge is 0.457 e. The third-order valence-electron chi connectivity index (χ3n) is 12.7. The highest BCUT2D eigenvalue weighted by atomic mass is 16.6. The summed E-state index contributed by atoms with van der Waals surface area (Å²) in [6.07, 6.45) is 8.77. The highest BCUT2D eigenvalue weighted by Crippen LogP contribution is 2.68. The van der Waals surface area contributed by atoms with E-state index < -0.39 is 28.5 Å². The Morgan fingerprint density at radius 3 is 2.60 bits per heavy atom. The van der Waals surface area contributed by atoms with Gasteiger partial charge in [0.05, 0.1) is 23.8 Å². The highest BCUT2D eigenvalue weighted by Gasteiger charge is 2.71. The molecule has 2 aromatic carbocycles. The number of aliphatic hydroxyl groups excluding tert-OH is 1. The molecular formula is C43H50N4O6. The quantitative estimate of drug-likeness (QED) is 0.178. The topological polar surface area (TPSA) is 156 Å². The van der Waals surface area contributed by atoms with Crippen LogP contribution < -0.4 is 16.4 Å². The van der Waals surface area contributed by atoms with Crippen molar-refractivity contribution in [2.24, 2.45) is 39.3 Å². The minimum atomic E-state index is -1.44. The lowest BCUT2D eigenvalue weighted by molar-refractivity contribution is -0.182. The number of carbonyl (C=O) groups excluding carboxylic acids is 3. The fourth-order valence-corrected chi connectivity index (χ4v) is 10.2. The second-order valence-corrected chi connectivity index (χ2v) is 15.7. The van der Waals surface area contributed by atoms with Crippen LogP contribution in [-0.4, -0.2) is 46.9 Å². The van der Waals surface area contributed by atoms with Crippen molar-refractivity contribution in [3.63, 3.8) is 0 Å². The number of esters is 1. The number of aliphatic hydroxyl groups is 1. The van der Waals surface area contributed by atoms with Crippen molar-refractivity contribution in [3.8, 4) is 0 Å². The molecule has 4 aliphatic carbocycles. The predicted molar refractivity (Wildman–Crippen MR) is 202 cm³/mol. The second-order valence-electron chi connectivity index (χ2n) is 15.7. The third kappa shape index (κ3) is 6.41. The monoisotopic (exact) mass is 718 g/mol. The number of allylic oxidation sites excluding steroid dienone is 3. The van der Waals surface area contributed by atoms with E-state index in [-0.39, 0.29) is 35.3 Å². The molecule has 278 valence electrons. The van der Waals surface area contributed by atoms with Gasteiger partial charge < -0.3 is 30.6 Å². The lowest BCUT2D eigenvalue weighted by atomic mass is 9.45. The highest BCUT2D eigenvalue weighted by molar-refractivity contribution is 6.11. The summed E-state index contributed by atoms with van der Waals surface area (Å²) < 4.78 is 11.6. The molecule has 10 heteroatoms. The number of hydrogen-bond acceptors (Lipinski definition) is 8. The lowest BCUT2D eigenvalue weighted by Crippen LogP contribution is -2.64. The Morgan fingerprint density at radius 1 is 1.06 bits per heavy atom. The molecular weight excluding hydrogens is 668 g/mol. The molecule has 6 unspecified atom stereocenters. The van der Waals surface area contributed by atoms with E-state index in [1.54, 1.807) is 30.5 Å². The number of nitrogens with two attached hydrogens (primary N) is 1. The molecule has 3 saturated carbocycles. The van der Waals surface area contributed by atoms with Crippen LogP contribution in [0.5, 0.6) is 0 Å². The maximum absolute atomic E-state index is 14.1. The zero-order valence-corrected chi connectivity index (χ0v) is 30.8. The molecule has 0 aliphatic heterocycles. The van der Waals surface area contributed by atoms with E-state index in [9.17, 15) is 19.5 Å². The average Bonchev–Trinajstić information content (AvgIpc) is 3.80. The molecule has 5 N–H and O–H groups in total. The van der Waals surface area contributed by atoms with Gasteiger partial charge in [-0.25, -0.2) is 9.79 Å². The summed E-state index contributed by atoms with van der Waals surface area (Å²) in [7, 11) is 0. The summed E-state index contributed by atoms with van der Waals surface area (Å²) in [5, 5.41) is 18.3. The zero-order valence-electron chi connectivity index (χ0n) is 30.8. The first-order valence-corrected chi connectivity index (χ1v) is 18.9. The van der Waals surface area contributed by atoms with Crippen molar-refractivity contribution in [2.45, 2.75) is 84.0 Å². The van der Waals surface area contributed by atoms with Crippen LogP contribution in [0.3, 0.4) is 0 Å². The summed E-state index contributed by atoms with van der Waals surface area (Å²) in [4.78, 5) is 45.5. The molecule has 10 nitrogen and oxygen atoms in total. The van der Waals surface area contributed by atoms with Crippen molar-refractivity contribution in [1.82, 2.24) is 10.6 Å². The van der Waals surface area contributed by atoms with E-state index in [2.05, 4.69) is 23.6 Å². The molecule has 4 aliphatic rings. The summed E-state index contributed by atoms with van der Waals surface area (Å²) >= 11 is 0. The summed E-state index contributed by atoms with van der Waals surface area (Å²) in [5.74, 6) is -1.05. The Hall–Kier alpha value is -4.96. The maximum Gasteiger partial charge on any atom is 0.375 e. The Kier molecular flexibility index (Phi) is 9.93. The molecule has 0 saturated heterocycles. The summed E-state index contributed by atoms with van der Waals surface area (Å²) in [6, 6.07) is 20.2. The third-order valence-corrected chi connectivity index (χ3v) is 12.7. The van der Waals surface area contributed by atoms with Gasteiger partial charge in [0.1, 0.15) is 0 Å². The smallest absolute Gasteiger partial charge is 0.375 e. The van der Waals surface area contributed by atoms with Crippen molar-refractivity contribution in [2.75, 3.05) is 6.54 Å². The molecule has 1 aromatic heterocycles. The molecule has 53 heavy (non-hydrogen) atoms. The zero-order chi connectivity index (χ0) is 37.4. The minimum absolute atomic E-state index is 0.0437. The van der Waals surface area contributed by atoms with E-state index in [4.69, 9.17) is 19.9 Å². The Labute approximate surface area is 311 Å². The molecule has 0 spiro atoms. The number of nitrogens with zero attached hydrogens (tertiary/aromatic N) is 1. The van der Waals surface area contributed by atoms with Gasteiger partial charge in [-0.05, 0) is 122 Å². The number of carbonyl (C=O) groups is 3. The van der Waals surface area contributed by atoms with Crippen LogP contribution in [0, 0.1) is 28.6 Å². The number of nitrogens with one attached hydrogen (secondary N) is 2. The van der Waals surface area contributed by atoms with Crippen molar-refractivity contribution >= 4 is 29.2 Å². The van der Waals surface area contributed by atoms with Gasteiger partial charge in [-0.2, -0.15) is 0 Å². The van der Waals surface area contributed by atoms with Crippen LogP contribution in [-0.2, 0) is 16.1 Å². The molecule has 7 rings (SSSR count). The van der Waals surface area contributed by atoms with Crippen LogP contribution in [0.2, 0.25) is 0 Å². The Bertz CT molecular complexity index is 1950. The lowest BCUT2D eigenvalue weighted by Gasteiger charge is -2.60.